The number of ether oxygens (including phenoxy) is 1. The molecule has 2 nitrogen and oxygen atoms in total. The fourth-order valence-electron chi connectivity index (χ4n) is 2.01. The molecule has 20 heavy (non-hydrogen) atoms. The number of rotatable bonds is 8. The molecule has 0 unspecified atom stereocenters. The highest BCUT2D eigenvalue weighted by Gasteiger charge is 2.22. The molecule has 0 heterocycles. The van der Waals surface area contributed by atoms with E-state index in [0.717, 1.165) is 17.9 Å². The van der Waals surface area contributed by atoms with Gasteiger partial charge in [-0.1, -0.05) is 19.8 Å². The van der Waals surface area contributed by atoms with Crippen LogP contribution in [0.15, 0.2) is 36.2 Å². The van der Waals surface area contributed by atoms with Gasteiger partial charge in [0.2, 0.25) is 0 Å². The van der Waals surface area contributed by atoms with E-state index in [9.17, 15) is 9.18 Å². The van der Waals surface area contributed by atoms with E-state index >= 15 is 0 Å². The van der Waals surface area contributed by atoms with Crippen LogP contribution < -0.4 is 4.74 Å². The van der Waals surface area contributed by atoms with E-state index in [1.165, 1.54) is 12.8 Å². The molecule has 3 heteroatoms. The lowest BCUT2D eigenvalue weighted by Crippen LogP contribution is -2.02. The molecule has 2 rings (SSSR count). The lowest BCUT2D eigenvalue weighted by molar-refractivity contribution is 0.0978. The van der Waals surface area contributed by atoms with E-state index in [-0.39, 0.29) is 12.4 Å². The molecule has 1 aliphatic rings. The molecule has 0 saturated heterocycles. The summed E-state index contributed by atoms with van der Waals surface area (Å²) >= 11 is 0. The lowest BCUT2D eigenvalue weighted by Gasteiger charge is -2.08. The van der Waals surface area contributed by atoms with E-state index < -0.39 is 0 Å². The van der Waals surface area contributed by atoms with Crippen molar-refractivity contribution < 1.29 is 13.9 Å². The Hall–Kier alpha value is -1.64. The molecule has 0 spiro atoms. The number of ketones is 1. The van der Waals surface area contributed by atoms with Gasteiger partial charge >= 0.3 is 0 Å². The topological polar surface area (TPSA) is 26.3 Å². The van der Waals surface area contributed by atoms with E-state index in [0.29, 0.717) is 30.5 Å². The van der Waals surface area contributed by atoms with Crippen molar-refractivity contribution in [2.45, 2.75) is 39.0 Å². The van der Waals surface area contributed by atoms with Gasteiger partial charge in [-0.3, -0.25) is 4.79 Å². The predicted octanol–water partition coefficient (Wildman–Crippen LogP) is 4.70. The number of halogens is 1. The first-order chi connectivity index (χ1) is 9.72. The SMILES string of the molecule is CCC(=CF)COc1ccc(C(=O)CCC2CC2)cc1. The summed E-state index contributed by atoms with van der Waals surface area (Å²) < 4.78 is 17.9. The highest BCUT2D eigenvalue weighted by atomic mass is 19.1. The van der Waals surface area contributed by atoms with Gasteiger partial charge in [0.05, 0.1) is 6.33 Å². The minimum Gasteiger partial charge on any atom is -0.489 e. The second-order valence-electron chi connectivity index (χ2n) is 5.34. The molecule has 1 aromatic carbocycles. The van der Waals surface area contributed by atoms with Crippen LogP contribution in [0.25, 0.3) is 0 Å². The number of carbonyl (C=O) groups is 1. The summed E-state index contributed by atoms with van der Waals surface area (Å²) in [5, 5.41) is 0. The van der Waals surface area contributed by atoms with Crippen molar-refractivity contribution in [3.63, 3.8) is 0 Å². The Morgan fingerprint density at radius 2 is 2.05 bits per heavy atom. The molecular weight excluding hydrogens is 255 g/mol. The van der Waals surface area contributed by atoms with Crippen LogP contribution in [0.4, 0.5) is 4.39 Å². The third-order valence-corrected chi connectivity index (χ3v) is 3.69. The zero-order chi connectivity index (χ0) is 14.4. The Morgan fingerprint density at radius 3 is 2.60 bits per heavy atom. The number of hydrogen-bond acceptors (Lipinski definition) is 2. The van der Waals surface area contributed by atoms with Crippen molar-refractivity contribution >= 4 is 5.78 Å². The summed E-state index contributed by atoms with van der Waals surface area (Å²) in [6.45, 7) is 2.14. The first-order valence-corrected chi connectivity index (χ1v) is 7.27. The van der Waals surface area contributed by atoms with Crippen LogP contribution >= 0.6 is 0 Å². The van der Waals surface area contributed by atoms with Crippen molar-refractivity contribution in [3.8, 4) is 5.75 Å². The third-order valence-electron chi connectivity index (χ3n) is 3.69. The van der Waals surface area contributed by atoms with Crippen LogP contribution in [-0.2, 0) is 0 Å². The highest BCUT2D eigenvalue weighted by molar-refractivity contribution is 5.96. The number of Topliss-reactive ketones (excluding diaryl/α,β-unsaturated/α-hetero) is 1. The number of carbonyl (C=O) groups excluding carboxylic acids is 1. The van der Waals surface area contributed by atoms with Crippen LogP contribution in [-0.4, -0.2) is 12.4 Å². The minimum atomic E-state index is 0.196. The molecular formula is C17H21FO2. The quantitative estimate of drug-likeness (QED) is 0.643. The molecule has 1 aliphatic carbocycles. The van der Waals surface area contributed by atoms with Gasteiger partial charge in [0.1, 0.15) is 12.4 Å². The van der Waals surface area contributed by atoms with Gasteiger partial charge in [-0.25, -0.2) is 4.39 Å². The summed E-state index contributed by atoms with van der Waals surface area (Å²) in [6, 6.07) is 7.12. The minimum absolute atomic E-state index is 0.196. The summed E-state index contributed by atoms with van der Waals surface area (Å²) in [5.41, 5.74) is 1.35. The predicted molar refractivity (Wildman–Crippen MR) is 77.7 cm³/mol. The average Bonchev–Trinajstić information content (AvgIpc) is 3.31. The molecule has 1 fully saturated rings. The third kappa shape index (κ3) is 4.48. The summed E-state index contributed by atoms with van der Waals surface area (Å²) in [5.74, 6) is 1.64. The largest absolute Gasteiger partial charge is 0.489 e. The Labute approximate surface area is 119 Å². The van der Waals surface area contributed by atoms with Crippen LogP contribution in [0.3, 0.4) is 0 Å². The first-order valence-electron chi connectivity index (χ1n) is 7.27. The average molecular weight is 276 g/mol. The standard InChI is InChI=1S/C17H21FO2/c1-2-13(11-18)12-20-16-8-6-15(7-9-16)17(19)10-5-14-3-4-14/h6-9,11,14H,2-5,10,12H2,1H3. The van der Waals surface area contributed by atoms with Crippen molar-refractivity contribution in [1.82, 2.24) is 0 Å². The molecule has 0 amide bonds. The number of hydrogen-bond donors (Lipinski definition) is 0. The van der Waals surface area contributed by atoms with Crippen molar-refractivity contribution in [2.24, 2.45) is 5.92 Å². The van der Waals surface area contributed by atoms with Gasteiger partial charge in [0.15, 0.2) is 5.78 Å². The molecule has 0 aromatic heterocycles. The molecule has 1 saturated carbocycles. The summed E-state index contributed by atoms with van der Waals surface area (Å²) in [7, 11) is 0. The molecule has 108 valence electrons. The second kappa shape index (κ2) is 7.22. The van der Waals surface area contributed by atoms with Crippen LogP contribution in [0.2, 0.25) is 0 Å². The smallest absolute Gasteiger partial charge is 0.162 e. The number of benzene rings is 1. The van der Waals surface area contributed by atoms with E-state index in [1.807, 2.05) is 6.92 Å². The van der Waals surface area contributed by atoms with Crippen LogP contribution in [0.5, 0.6) is 5.75 Å². The maximum Gasteiger partial charge on any atom is 0.162 e. The lowest BCUT2D eigenvalue weighted by atomic mass is 10.0. The maximum atomic E-state index is 12.4. The monoisotopic (exact) mass is 276 g/mol. The molecule has 0 bridgehead atoms. The zero-order valence-corrected chi connectivity index (χ0v) is 11.9. The fourth-order valence-corrected chi connectivity index (χ4v) is 2.01. The van der Waals surface area contributed by atoms with Gasteiger partial charge in [-0.15, -0.1) is 0 Å². The van der Waals surface area contributed by atoms with Crippen molar-refractivity contribution in [1.29, 1.82) is 0 Å². The van der Waals surface area contributed by atoms with Gasteiger partial charge in [-0.2, -0.15) is 0 Å². The van der Waals surface area contributed by atoms with E-state index in [4.69, 9.17) is 4.74 Å². The molecule has 0 radical (unpaired) electrons. The molecule has 0 atom stereocenters. The van der Waals surface area contributed by atoms with Gasteiger partial charge in [0, 0.05) is 12.0 Å². The molecule has 1 aromatic rings. The summed E-state index contributed by atoms with van der Waals surface area (Å²) in [4.78, 5) is 11.9. The Morgan fingerprint density at radius 1 is 1.35 bits per heavy atom. The highest BCUT2D eigenvalue weighted by Crippen LogP contribution is 2.33. The van der Waals surface area contributed by atoms with Crippen molar-refractivity contribution in [3.05, 3.63) is 41.7 Å². The molecule has 0 aliphatic heterocycles. The van der Waals surface area contributed by atoms with Gasteiger partial charge in [-0.05, 0) is 48.6 Å². The fraction of sp³-hybridized carbons (Fsp3) is 0.471. The zero-order valence-electron chi connectivity index (χ0n) is 11.9. The van der Waals surface area contributed by atoms with E-state index in [2.05, 4.69) is 0 Å². The van der Waals surface area contributed by atoms with Gasteiger partial charge < -0.3 is 4.74 Å². The maximum absolute atomic E-state index is 12.4. The van der Waals surface area contributed by atoms with Crippen molar-refractivity contribution in [2.75, 3.05) is 6.61 Å². The Bertz CT molecular complexity index is 472. The summed E-state index contributed by atoms with van der Waals surface area (Å²) in [6.07, 6.45) is 5.43. The Balaban J connectivity index is 1.83. The van der Waals surface area contributed by atoms with Gasteiger partial charge in [0.25, 0.3) is 0 Å². The molecule has 0 N–H and O–H groups in total. The Kier molecular flexibility index (Phi) is 5.33. The van der Waals surface area contributed by atoms with Crippen LogP contribution in [0.1, 0.15) is 49.4 Å². The van der Waals surface area contributed by atoms with Crippen LogP contribution in [0, 0.1) is 5.92 Å². The van der Waals surface area contributed by atoms with E-state index in [1.54, 1.807) is 24.3 Å². The first kappa shape index (κ1) is 14.8. The normalized spacial score (nSPS) is 15.2. The second-order valence-corrected chi connectivity index (χ2v) is 5.34.